The first-order valence-corrected chi connectivity index (χ1v) is 15.6. The molecule has 8 heteroatoms. The Morgan fingerprint density at radius 1 is 1.08 bits per heavy atom. The Kier molecular flexibility index (Phi) is 8.96. The van der Waals surface area contributed by atoms with Crippen molar-refractivity contribution in [2.45, 2.75) is 70.4 Å². The lowest BCUT2D eigenvalue weighted by molar-refractivity contribution is -0.135. The van der Waals surface area contributed by atoms with Crippen LogP contribution in [-0.2, 0) is 21.2 Å². The van der Waals surface area contributed by atoms with Gasteiger partial charge in [-0.15, -0.1) is 11.3 Å². The molecule has 0 radical (unpaired) electrons. The van der Waals surface area contributed by atoms with E-state index in [4.69, 9.17) is 4.74 Å². The molecule has 38 heavy (non-hydrogen) atoms. The fraction of sp³-hybridized carbons (Fsp3) is 0.433. The number of hydrogen-bond acceptors (Lipinski definition) is 5. The van der Waals surface area contributed by atoms with Crippen molar-refractivity contribution >= 4 is 27.3 Å². The maximum absolute atomic E-state index is 13.8. The van der Waals surface area contributed by atoms with E-state index in [0.29, 0.717) is 25.5 Å². The Morgan fingerprint density at radius 2 is 1.76 bits per heavy atom. The maximum atomic E-state index is 13.8. The summed E-state index contributed by atoms with van der Waals surface area (Å²) in [5.74, 6) is 0.988. The number of ether oxygens (including phenoxy) is 1. The van der Waals surface area contributed by atoms with Crippen LogP contribution in [0, 0.1) is 6.92 Å². The summed E-state index contributed by atoms with van der Waals surface area (Å²) in [6.07, 6.45) is 1.36. The molecular weight excluding hydrogens is 516 g/mol. The monoisotopic (exact) mass is 554 g/mol. The van der Waals surface area contributed by atoms with Crippen LogP contribution in [0.15, 0.2) is 64.9 Å². The van der Waals surface area contributed by atoms with E-state index in [-0.39, 0.29) is 29.4 Å². The number of hydrogen-bond donors (Lipinski definition) is 0. The topological polar surface area (TPSA) is 66.9 Å². The second-order valence-electron chi connectivity index (χ2n) is 10.3. The zero-order valence-electron chi connectivity index (χ0n) is 22.9. The van der Waals surface area contributed by atoms with Crippen LogP contribution in [-0.4, -0.2) is 49.3 Å². The molecule has 0 saturated carbocycles. The number of aryl methyl sites for hydroxylation is 1. The van der Waals surface area contributed by atoms with Crippen LogP contribution in [0.1, 0.15) is 67.6 Å². The van der Waals surface area contributed by atoms with Gasteiger partial charge in [0.15, 0.2) is 0 Å². The number of amides is 1. The summed E-state index contributed by atoms with van der Waals surface area (Å²) in [7, 11) is -3.84. The third-order valence-electron chi connectivity index (χ3n) is 7.37. The van der Waals surface area contributed by atoms with Crippen molar-refractivity contribution in [3.8, 4) is 5.75 Å². The molecule has 0 saturated heterocycles. The van der Waals surface area contributed by atoms with Gasteiger partial charge in [-0.05, 0) is 79.4 Å². The fourth-order valence-corrected chi connectivity index (χ4v) is 7.33. The minimum atomic E-state index is -3.84. The molecule has 3 aromatic rings. The Balaban J connectivity index is 1.56. The molecule has 2 atom stereocenters. The lowest BCUT2D eigenvalue weighted by Gasteiger charge is -2.37. The Bertz CT molecular complexity index is 1330. The van der Waals surface area contributed by atoms with Gasteiger partial charge in [0.2, 0.25) is 15.9 Å². The quantitative estimate of drug-likeness (QED) is 0.300. The largest absolute Gasteiger partial charge is 0.491 e. The van der Waals surface area contributed by atoms with Crippen LogP contribution in [0.2, 0.25) is 0 Å². The number of carbonyl (C=O) groups is 1. The predicted octanol–water partition coefficient (Wildman–Crippen LogP) is 6.17. The highest BCUT2D eigenvalue weighted by Crippen LogP contribution is 2.34. The van der Waals surface area contributed by atoms with Gasteiger partial charge in [0.25, 0.3) is 0 Å². The van der Waals surface area contributed by atoms with E-state index in [1.54, 1.807) is 40.5 Å². The number of benzene rings is 2. The summed E-state index contributed by atoms with van der Waals surface area (Å²) < 4.78 is 34.8. The number of carbonyl (C=O) groups excluding carboxylic acids is 1. The zero-order valence-corrected chi connectivity index (χ0v) is 24.5. The molecule has 2 aromatic carbocycles. The molecule has 4 rings (SSSR count). The molecule has 0 fully saturated rings. The van der Waals surface area contributed by atoms with Crippen molar-refractivity contribution in [1.82, 2.24) is 9.21 Å². The first-order chi connectivity index (χ1) is 18.1. The lowest BCUT2D eigenvalue weighted by Crippen LogP contribution is -2.49. The van der Waals surface area contributed by atoms with Gasteiger partial charge in [0.1, 0.15) is 12.4 Å². The summed E-state index contributed by atoms with van der Waals surface area (Å²) in [5, 5.41) is 2.05. The van der Waals surface area contributed by atoms with Crippen LogP contribution in [0.5, 0.6) is 5.75 Å². The van der Waals surface area contributed by atoms with Crippen molar-refractivity contribution in [1.29, 1.82) is 0 Å². The molecule has 1 amide bonds. The normalized spacial score (nSPS) is 16.5. The van der Waals surface area contributed by atoms with Crippen molar-refractivity contribution in [3.63, 3.8) is 0 Å². The molecule has 1 aliphatic rings. The van der Waals surface area contributed by atoms with Crippen molar-refractivity contribution in [3.05, 3.63) is 81.5 Å². The van der Waals surface area contributed by atoms with E-state index >= 15 is 0 Å². The Hall–Kier alpha value is -2.68. The summed E-state index contributed by atoms with van der Waals surface area (Å²) in [4.78, 5) is 17.1. The zero-order chi connectivity index (χ0) is 27.4. The van der Waals surface area contributed by atoms with E-state index in [1.165, 1.54) is 14.7 Å². The van der Waals surface area contributed by atoms with Gasteiger partial charge in [-0.2, -0.15) is 4.31 Å². The molecule has 0 spiro atoms. The van der Waals surface area contributed by atoms with E-state index < -0.39 is 10.0 Å². The highest BCUT2D eigenvalue weighted by Gasteiger charge is 2.36. The predicted molar refractivity (Wildman–Crippen MR) is 153 cm³/mol. The molecule has 0 aliphatic carbocycles. The first-order valence-electron chi connectivity index (χ1n) is 13.3. The first kappa shape index (κ1) is 28.3. The summed E-state index contributed by atoms with van der Waals surface area (Å²) >= 11 is 1.69. The Labute approximate surface area is 231 Å². The summed E-state index contributed by atoms with van der Waals surface area (Å²) in [6.45, 7) is 10.7. The van der Waals surface area contributed by atoms with E-state index in [9.17, 15) is 13.2 Å². The smallest absolute Gasteiger partial charge is 0.243 e. The fourth-order valence-electron chi connectivity index (χ4n) is 4.75. The van der Waals surface area contributed by atoms with Gasteiger partial charge >= 0.3 is 0 Å². The summed E-state index contributed by atoms with van der Waals surface area (Å²) in [5.41, 5.74) is 3.31. The SMILES string of the molecule is CC[C@@H](C)N(CC(=O)N1CCc2sccc2[C@H]1COc1ccc(C(C)C)cc1)S(=O)(=O)c1ccc(C)cc1. The Morgan fingerprint density at radius 3 is 2.39 bits per heavy atom. The average Bonchev–Trinajstić information content (AvgIpc) is 3.39. The van der Waals surface area contributed by atoms with E-state index in [0.717, 1.165) is 23.3 Å². The van der Waals surface area contributed by atoms with Crippen molar-refractivity contribution in [2.75, 3.05) is 19.7 Å². The van der Waals surface area contributed by atoms with Crippen molar-refractivity contribution in [2.24, 2.45) is 0 Å². The van der Waals surface area contributed by atoms with E-state index in [2.05, 4.69) is 37.4 Å². The molecule has 0 unspecified atom stereocenters. The highest BCUT2D eigenvalue weighted by atomic mass is 32.2. The maximum Gasteiger partial charge on any atom is 0.243 e. The van der Waals surface area contributed by atoms with Crippen LogP contribution in [0.4, 0.5) is 0 Å². The second kappa shape index (κ2) is 12.0. The molecule has 2 heterocycles. The van der Waals surface area contributed by atoms with Gasteiger partial charge in [-0.25, -0.2) is 8.42 Å². The lowest BCUT2D eigenvalue weighted by atomic mass is 10.00. The van der Waals surface area contributed by atoms with Crippen LogP contribution >= 0.6 is 11.3 Å². The van der Waals surface area contributed by atoms with Crippen LogP contribution < -0.4 is 4.74 Å². The standard InChI is InChI=1S/C30H38N2O4S2/c1-6-23(5)32(38(34,35)26-13-7-22(4)8-14-26)19-30(33)31-17-15-29-27(16-18-37-29)28(31)20-36-25-11-9-24(10-12-25)21(2)3/h7-14,16,18,21,23,28H,6,15,17,19-20H2,1-5H3/t23-,28-/m1/s1. The van der Waals surface area contributed by atoms with Gasteiger partial charge in [-0.1, -0.05) is 50.6 Å². The number of sulfonamides is 1. The van der Waals surface area contributed by atoms with Crippen LogP contribution in [0.25, 0.3) is 0 Å². The number of fused-ring (bicyclic) bond motifs is 1. The number of thiophene rings is 1. The van der Waals surface area contributed by atoms with Crippen LogP contribution in [0.3, 0.4) is 0 Å². The molecule has 0 bridgehead atoms. The number of rotatable bonds is 10. The van der Waals surface area contributed by atoms with Gasteiger partial charge in [-0.3, -0.25) is 4.79 Å². The highest BCUT2D eigenvalue weighted by molar-refractivity contribution is 7.89. The molecule has 0 N–H and O–H groups in total. The number of nitrogens with zero attached hydrogens (tertiary/aromatic N) is 2. The van der Waals surface area contributed by atoms with Crippen molar-refractivity contribution < 1.29 is 17.9 Å². The molecule has 1 aromatic heterocycles. The minimum Gasteiger partial charge on any atom is -0.491 e. The minimum absolute atomic E-state index is 0.204. The average molecular weight is 555 g/mol. The molecule has 204 valence electrons. The molecule has 6 nitrogen and oxygen atoms in total. The van der Waals surface area contributed by atoms with Gasteiger partial charge in [0.05, 0.1) is 17.5 Å². The van der Waals surface area contributed by atoms with Gasteiger partial charge in [0, 0.05) is 17.5 Å². The third kappa shape index (κ3) is 6.14. The van der Waals surface area contributed by atoms with E-state index in [1.807, 2.05) is 32.9 Å². The van der Waals surface area contributed by atoms with Gasteiger partial charge < -0.3 is 9.64 Å². The summed E-state index contributed by atoms with van der Waals surface area (Å²) in [6, 6.07) is 16.3. The second-order valence-corrected chi connectivity index (χ2v) is 13.2. The molecule has 1 aliphatic heterocycles. The molecular formula is C30H38N2O4S2. The third-order valence-corrected chi connectivity index (χ3v) is 10.3.